The van der Waals surface area contributed by atoms with E-state index in [4.69, 9.17) is 0 Å². The Balaban J connectivity index is 3.38. The van der Waals surface area contributed by atoms with E-state index < -0.39 is 22.9 Å². The van der Waals surface area contributed by atoms with Crippen molar-refractivity contribution in [2.45, 2.75) is 39.2 Å². The van der Waals surface area contributed by atoms with Crippen LogP contribution in [0.4, 0.5) is 4.39 Å². The third-order valence-corrected chi connectivity index (χ3v) is 2.52. The van der Waals surface area contributed by atoms with Gasteiger partial charge in [0.05, 0.1) is 0 Å². The molecule has 0 aliphatic heterocycles. The second-order valence-electron chi connectivity index (χ2n) is 3.62. The molecule has 0 amide bonds. The lowest BCUT2D eigenvalue weighted by Gasteiger charge is -2.18. The van der Waals surface area contributed by atoms with Crippen molar-refractivity contribution in [2.75, 3.05) is 0 Å². The Morgan fingerprint density at radius 2 is 2.06 bits per heavy atom. The summed E-state index contributed by atoms with van der Waals surface area (Å²) in [4.78, 5) is 24.2. The number of aromatic hydroxyl groups is 1. The molecule has 6 heteroatoms. The summed E-state index contributed by atoms with van der Waals surface area (Å²) in [7, 11) is 0. The van der Waals surface area contributed by atoms with E-state index in [0.717, 1.165) is 11.0 Å². The maximum atomic E-state index is 13.2. The van der Waals surface area contributed by atoms with Gasteiger partial charge in [0.25, 0.3) is 5.56 Å². The Hall–Kier alpha value is -1.59. The SMILES string of the molecule is CCCC(CC)n1c(O)c(F)c(=O)[nH]c1=O. The molecule has 1 rings (SSSR count). The van der Waals surface area contributed by atoms with Gasteiger partial charge < -0.3 is 5.11 Å². The van der Waals surface area contributed by atoms with Gasteiger partial charge in [-0.1, -0.05) is 20.3 Å². The van der Waals surface area contributed by atoms with Gasteiger partial charge in [-0.05, 0) is 12.8 Å². The molecule has 0 saturated carbocycles. The molecular weight excluding hydrogens is 215 g/mol. The number of rotatable bonds is 4. The maximum Gasteiger partial charge on any atom is 0.331 e. The van der Waals surface area contributed by atoms with Crippen LogP contribution in [0.1, 0.15) is 39.2 Å². The first-order chi connectivity index (χ1) is 7.52. The Kier molecular flexibility index (Phi) is 3.87. The summed E-state index contributed by atoms with van der Waals surface area (Å²) in [6.45, 7) is 3.75. The van der Waals surface area contributed by atoms with Crippen LogP contribution in [-0.4, -0.2) is 14.7 Å². The second-order valence-corrected chi connectivity index (χ2v) is 3.62. The molecule has 0 aliphatic rings. The number of nitrogens with one attached hydrogen (secondary N) is 1. The number of hydrogen-bond acceptors (Lipinski definition) is 3. The molecule has 0 saturated heterocycles. The molecule has 2 N–H and O–H groups in total. The van der Waals surface area contributed by atoms with Gasteiger partial charge in [-0.2, -0.15) is 4.39 Å². The molecule has 0 bridgehead atoms. The number of aromatic nitrogens is 2. The van der Waals surface area contributed by atoms with Crippen molar-refractivity contribution in [1.29, 1.82) is 0 Å². The number of nitrogens with zero attached hydrogens (tertiary/aromatic N) is 1. The van der Waals surface area contributed by atoms with Crippen molar-refractivity contribution in [2.24, 2.45) is 0 Å². The lowest BCUT2D eigenvalue weighted by atomic mass is 10.1. The van der Waals surface area contributed by atoms with E-state index in [9.17, 15) is 19.1 Å². The molecule has 16 heavy (non-hydrogen) atoms. The third-order valence-electron chi connectivity index (χ3n) is 2.52. The number of H-pyrrole nitrogens is 1. The zero-order valence-electron chi connectivity index (χ0n) is 9.29. The van der Waals surface area contributed by atoms with E-state index >= 15 is 0 Å². The Labute approximate surface area is 91.6 Å². The predicted octanol–water partition coefficient (Wildman–Crippen LogP) is 1.13. The molecule has 0 aliphatic carbocycles. The first kappa shape index (κ1) is 12.5. The maximum absolute atomic E-state index is 13.2. The zero-order chi connectivity index (χ0) is 12.3. The van der Waals surface area contributed by atoms with Crippen molar-refractivity contribution in [3.05, 3.63) is 26.7 Å². The summed E-state index contributed by atoms with van der Waals surface area (Å²) in [6, 6.07) is -0.302. The lowest BCUT2D eigenvalue weighted by Crippen LogP contribution is -2.34. The predicted molar refractivity (Wildman–Crippen MR) is 57.2 cm³/mol. The summed E-state index contributed by atoms with van der Waals surface area (Å²) in [6.07, 6.45) is 2.01. The van der Waals surface area contributed by atoms with E-state index in [1.807, 2.05) is 18.8 Å². The van der Waals surface area contributed by atoms with E-state index in [1.54, 1.807) is 0 Å². The van der Waals surface area contributed by atoms with Crippen molar-refractivity contribution in [1.82, 2.24) is 9.55 Å². The van der Waals surface area contributed by atoms with E-state index in [-0.39, 0.29) is 6.04 Å². The monoisotopic (exact) mass is 230 g/mol. The average Bonchev–Trinajstić information content (AvgIpc) is 2.25. The van der Waals surface area contributed by atoms with Gasteiger partial charge in [-0.25, -0.2) is 4.79 Å². The van der Waals surface area contributed by atoms with E-state index in [2.05, 4.69) is 0 Å². The number of hydrogen-bond donors (Lipinski definition) is 2. The lowest BCUT2D eigenvalue weighted by molar-refractivity contribution is 0.316. The van der Waals surface area contributed by atoms with Gasteiger partial charge in [0.1, 0.15) is 0 Å². The quantitative estimate of drug-likeness (QED) is 0.814. The molecule has 1 aromatic rings. The normalized spacial score (nSPS) is 12.7. The summed E-state index contributed by atoms with van der Waals surface area (Å²) >= 11 is 0. The smallest absolute Gasteiger partial charge is 0.331 e. The molecule has 0 radical (unpaired) electrons. The number of halogens is 1. The highest BCUT2D eigenvalue weighted by atomic mass is 19.1. The zero-order valence-corrected chi connectivity index (χ0v) is 9.29. The topological polar surface area (TPSA) is 75.1 Å². The summed E-state index contributed by atoms with van der Waals surface area (Å²) in [5.41, 5.74) is -1.96. The minimum Gasteiger partial charge on any atom is -0.492 e. The minimum atomic E-state index is -1.31. The third kappa shape index (κ3) is 2.15. The van der Waals surface area contributed by atoms with Crippen LogP contribution in [0.3, 0.4) is 0 Å². The fraction of sp³-hybridized carbons (Fsp3) is 0.600. The molecule has 0 spiro atoms. The van der Waals surface area contributed by atoms with Crippen LogP contribution in [-0.2, 0) is 0 Å². The molecule has 1 heterocycles. The van der Waals surface area contributed by atoms with Crippen molar-refractivity contribution in [3.63, 3.8) is 0 Å². The van der Waals surface area contributed by atoms with Crippen molar-refractivity contribution >= 4 is 0 Å². The fourth-order valence-corrected chi connectivity index (χ4v) is 1.70. The van der Waals surface area contributed by atoms with Crippen LogP contribution in [0.5, 0.6) is 5.88 Å². The van der Waals surface area contributed by atoms with Gasteiger partial charge in [0.15, 0.2) is 0 Å². The van der Waals surface area contributed by atoms with Crippen LogP contribution in [0.25, 0.3) is 0 Å². The molecule has 1 aromatic heterocycles. The highest BCUT2D eigenvalue weighted by Crippen LogP contribution is 2.21. The average molecular weight is 230 g/mol. The van der Waals surface area contributed by atoms with Crippen LogP contribution < -0.4 is 11.2 Å². The summed E-state index contributed by atoms with van der Waals surface area (Å²) in [5, 5.41) is 9.46. The molecule has 90 valence electrons. The first-order valence-corrected chi connectivity index (χ1v) is 5.26. The number of aromatic amines is 1. The first-order valence-electron chi connectivity index (χ1n) is 5.26. The highest BCUT2D eigenvalue weighted by molar-refractivity contribution is 5.10. The van der Waals surface area contributed by atoms with Gasteiger partial charge >= 0.3 is 5.69 Å². The van der Waals surface area contributed by atoms with Gasteiger partial charge in [-0.15, -0.1) is 0 Å². The largest absolute Gasteiger partial charge is 0.492 e. The molecule has 5 nitrogen and oxygen atoms in total. The van der Waals surface area contributed by atoms with E-state index in [0.29, 0.717) is 12.8 Å². The minimum absolute atomic E-state index is 0.302. The Bertz CT molecular complexity index is 478. The van der Waals surface area contributed by atoms with Crippen LogP contribution in [0.15, 0.2) is 9.59 Å². The summed E-state index contributed by atoms with van der Waals surface area (Å²) in [5.74, 6) is -2.19. The molecule has 1 unspecified atom stereocenters. The van der Waals surface area contributed by atoms with Crippen LogP contribution >= 0.6 is 0 Å². The molecular formula is C10H15FN2O3. The van der Waals surface area contributed by atoms with Gasteiger partial charge in [0, 0.05) is 6.04 Å². The summed E-state index contributed by atoms with van der Waals surface area (Å²) < 4.78 is 14.1. The Morgan fingerprint density at radius 3 is 2.56 bits per heavy atom. The standard InChI is InChI=1S/C10H15FN2O3/c1-3-5-6(4-2)13-9(15)7(11)8(14)12-10(13)16/h6,15H,3-5H2,1-2H3,(H,12,14,16). The fourth-order valence-electron chi connectivity index (χ4n) is 1.70. The second kappa shape index (κ2) is 4.96. The highest BCUT2D eigenvalue weighted by Gasteiger charge is 2.19. The van der Waals surface area contributed by atoms with Gasteiger partial charge in [0.2, 0.25) is 11.7 Å². The van der Waals surface area contributed by atoms with Crippen molar-refractivity contribution < 1.29 is 9.50 Å². The van der Waals surface area contributed by atoms with E-state index in [1.165, 1.54) is 0 Å². The molecule has 0 fully saturated rings. The van der Waals surface area contributed by atoms with Crippen LogP contribution in [0.2, 0.25) is 0 Å². The van der Waals surface area contributed by atoms with Crippen LogP contribution in [0, 0.1) is 5.82 Å². The van der Waals surface area contributed by atoms with Crippen molar-refractivity contribution in [3.8, 4) is 5.88 Å². The molecule has 1 atom stereocenters. The van der Waals surface area contributed by atoms with Gasteiger partial charge in [-0.3, -0.25) is 14.3 Å². The Morgan fingerprint density at radius 1 is 1.44 bits per heavy atom. The molecule has 0 aromatic carbocycles.